The van der Waals surface area contributed by atoms with E-state index in [1.807, 2.05) is 24.3 Å². The number of anilines is 3. The summed E-state index contributed by atoms with van der Waals surface area (Å²) in [5, 5.41) is 4.21. The van der Waals surface area contributed by atoms with E-state index in [0.29, 0.717) is 0 Å². The van der Waals surface area contributed by atoms with Gasteiger partial charge in [0, 0.05) is 31.9 Å². The van der Waals surface area contributed by atoms with Crippen molar-refractivity contribution in [2.24, 2.45) is 0 Å². The highest BCUT2D eigenvalue weighted by Gasteiger charge is 2.22. The highest BCUT2D eigenvalue weighted by molar-refractivity contribution is 7.99. The monoisotopic (exact) mass is 609 g/mol. The lowest BCUT2D eigenvalue weighted by Crippen LogP contribution is -2.10. The molecule has 2 heterocycles. The topological polar surface area (TPSA) is 29.5 Å². The van der Waals surface area contributed by atoms with Gasteiger partial charge in [-0.05, 0) is 90.0 Å². The lowest BCUT2D eigenvalue weighted by molar-refractivity contribution is 0.663. The standard InChI is InChI=1S/C42H27NO2S/c1-3-10-30(11-4-1)43(31-22-18-28(19-23-31)29-20-24-33(25-21-29)46-32-12-5-2-6-13-32)36-15-9-17-38-40(36)41-39(44-38)27-26-35-34-14-7-8-16-37(34)45-42(35)41/h1-27H. The third-order valence-corrected chi connectivity index (χ3v) is 9.55. The van der Waals surface area contributed by atoms with Crippen molar-refractivity contribution in [1.29, 1.82) is 0 Å². The van der Waals surface area contributed by atoms with Crippen molar-refractivity contribution in [3.63, 3.8) is 0 Å². The van der Waals surface area contributed by atoms with E-state index in [9.17, 15) is 0 Å². The SMILES string of the molecule is c1ccc(Sc2ccc(-c3ccc(N(c4ccccc4)c4cccc5oc6ccc7c8ccccc8oc7c6c45)cc3)cc2)cc1. The quantitative estimate of drug-likeness (QED) is 0.188. The smallest absolute Gasteiger partial charge is 0.147 e. The van der Waals surface area contributed by atoms with Gasteiger partial charge in [0.25, 0.3) is 0 Å². The first-order valence-electron chi connectivity index (χ1n) is 15.3. The number of para-hydroxylation sites is 2. The fourth-order valence-corrected chi connectivity index (χ4v) is 7.24. The third kappa shape index (κ3) is 4.54. The molecule has 0 atom stereocenters. The van der Waals surface area contributed by atoms with Crippen LogP contribution >= 0.6 is 11.8 Å². The molecule has 46 heavy (non-hydrogen) atoms. The predicted molar refractivity (Wildman–Crippen MR) is 192 cm³/mol. The second kappa shape index (κ2) is 11.0. The molecular weight excluding hydrogens is 583 g/mol. The molecule has 0 N–H and O–H groups in total. The Hall–Kier alpha value is -5.71. The van der Waals surface area contributed by atoms with Crippen LogP contribution in [-0.2, 0) is 0 Å². The maximum atomic E-state index is 6.50. The van der Waals surface area contributed by atoms with Crippen LogP contribution in [0, 0.1) is 0 Å². The Morgan fingerprint density at radius 3 is 1.78 bits per heavy atom. The predicted octanol–water partition coefficient (Wildman–Crippen LogP) is 12.8. The Balaban J connectivity index is 1.16. The number of fused-ring (bicyclic) bond motifs is 7. The zero-order valence-electron chi connectivity index (χ0n) is 24.8. The van der Waals surface area contributed by atoms with Gasteiger partial charge in [0.15, 0.2) is 0 Å². The van der Waals surface area contributed by atoms with E-state index in [2.05, 4.69) is 144 Å². The van der Waals surface area contributed by atoms with Crippen LogP contribution in [-0.4, -0.2) is 0 Å². The molecule has 0 aliphatic carbocycles. The van der Waals surface area contributed by atoms with Gasteiger partial charge in [-0.2, -0.15) is 0 Å². The van der Waals surface area contributed by atoms with Crippen LogP contribution in [0.1, 0.15) is 0 Å². The summed E-state index contributed by atoms with van der Waals surface area (Å²) in [7, 11) is 0. The van der Waals surface area contributed by atoms with Crippen molar-refractivity contribution in [3.05, 3.63) is 164 Å². The van der Waals surface area contributed by atoms with Gasteiger partial charge in [-0.15, -0.1) is 0 Å². The fraction of sp³-hybridized carbons (Fsp3) is 0. The third-order valence-electron chi connectivity index (χ3n) is 8.53. The minimum atomic E-state index is 0.811. The van der Waals surface area contributed by atoms with Crippen molar-refractivity contribution >= 4 is 72.7 Å². The number of furan rings is 2. The van der Waals surface area contributed by atoms with Crippen LogP contribution in [0.3, 0.4) is 0 Å². The Kier molecular flexibility index (Phi) is 6.39. The van der Waals surface area contributed by atoms with Crippen molar-refractivity contribution < 1.29 is 8.83 Å². The maximum Gasteiger partial charge on any atom is 0.147 e. The number of benzene rings is 7. The largest absolute Gasteiger partial charge is 0.456 e. The Labute approximate surface area is 270 Å². The Morgan fingerprint density at radius 1 is 0.391 bits per heavy atom. The highest BCUT2D eigenvalue weighted by atomic mass is 32.2. The number of hydrogen-bond donors (Lipinski definition) is 0. The molecule has 0 amide bonds. The Bertz CT molecular complexity index is 2480. The lowest BCUT2D eigenvalue weighted by atomic mass is 10.0. The van der Waals surface area contributed by atoms with Crippen molar-refractivity contribution in [2.75, 3.05) is 4.90 Å². The highest BCUT2D eigenvalue weighted by Crippen LogP contribution is 2.46. The minimum absolute atomic E-state index is 0.811. The molecule has 3 nitrogen and oxygen atoms in total. The molecule has 218 valence electrons. The van der Waals surface area contributed by atoms with E-state index in [1.165, 1.54) is 20.9 Å². The average Bonchev–Trinajstić information content (AvgIpc) is 3.69. The Morgan fingerprint density at radius 2 is 1.00 bits per heavy atom. The molecule has 7 aromatic carbocycles. The summed E-state index contributed by atoms with van der Waals surface area (Å²) < 4.78 is 13.0. The van der Waals surface area contributed by atoms with Crippen LogP contribution in [0.4, 0.5) is 17.1 Å². The lowest BCUT2D eigenvalue weighted by Gasteiger charge is -2.26. The van der Waals surface area contributed by atoms with Gasteiger partial charge in [-0.25, -0.2) is 0 Å². The summed E-state index contributed by atoms with van der Waals surface area (Å²) in [6, 6.07) is 57.2. The average molecular weight is 610 g/mol. The van der Waals surface area contributed by atoms with Crippen molar-refractivity contribution in [3.8, 4) is 11.1 Å². The van der Waals surface area contributed by atoms with Gasteiger partial charge in [0.2, 0.25) is 0 Å². The van der Waals surface area contributed by atoms with Crippen LogP contribution in [0.5, 0.6) is 0 Å². The first-order valence-corrected chi connectivity index (χ1v) is 16.2. The maximum absolute atomic E-state index is 6.50. The summed E-state index contributed by atoms with van der Waals surface area (Å²) in [6.07, 6.45) is 0. The van der Waals surface area contributed by atoms with Crippen LogP contribution < -0.4 is 4.90 Å². The zero-order valence-corrected chi connectivity index (χ0v) is 25.6. The first kappa shape index (κ1) is 26.7. The summed E-state index contributed by atoms with van der Waals surface area (Å²) in [4.78, 5) is 4.77. The minimum Gasteiger partial charge on any atom is -0.456 e. The van der Waals surface area contributed by atoms with Gasteiger partial charge in [0.05, 0.1) is 16.5 Å². The molecule has 0 radical (unpaired) electrons. The molecule has 4 heteroatoms. The molecule has 0 unspecified atom stereocenters. The molecule has 9 rings (SSSR count). The van der Waals surface area contributed by atoms with Crippen molar-refractivity contribution in [1.82, 2.24) is 0 Å². The van der Waals surface area contributed by atoms with Gasteiger partial charge in [0.1, 0.15) is 22.3 Å². The molecule has 0 aliphatic heterocycles. The molecule has 0 bridgehead atoms. The van der Waals surface area contributed by atoms with E-state index in [4.69, 9.17) is 8.83 Å². The summed E-state index contributed by atoms with van der Waals surface area (Å²) in [5.41, 5.74) is 8.87. The molecule has 0 fully saturated rings. The molecule has 9 aromatic rings. The molecule has 2 aromatic heterocycles. The van der Waals surface area contributed by atoms with Crippen LogP contribution in [0.15, 0.2) is 182 Å². The fourth-order valence-electron chi connectivity index (χ4n) is 6.40. The number of nitrogens with zero attached hydrogens (tertiary/aromatic N) is 1. The molecule has 0 saturated heterocycles. The second-order valence-electron chi connectivity index (χ2n) is 11.3. The van der Waals surface area contributed by atoms with Gasteiger partial charge >= 0.3 is 0 Å². The first-order chi connectivity index (χ1) is 22.8. The van der Waals surface area contributed by atoms with Crippen LogP contribution in [0.2, 0.25) is 0 Å². The molecule has 0 saturated carbocycles. The van der Waals surface area contributed by atoms with E-state index < -0.39 is 0 Å². The van der Waals surface area contributed by atoms with Gasteiger partial charge in [-0.1, -0.05) is 96.7 Å². The summed E-state index contributed by atoms with van der Waals surface area (Å²) in [5.74, 6) is 0. The number of hydrogen-bond acceptors (Lipinski definition) is 4. The molecule has 0 spiro atoms. The van der Waals surface area contributed by atoms with E-state index in [-0.39, 0.29) is 0 Å². The van der Waals surface area contributed by atoms with E-state index in [1.54, 1.807) is 11.8 Å². The second-order valence-corrected chi connectivity index (χ2v) is 12.5. The molecular formula is C42H27NO2S. The van der Waals surface area contributed by atoms with Crippen LogP contribution in [0.25, 0.3) is 55.0 Å². The van der Waals surface area contributed by atoms with Gasteiger partial charge in [-0.3, -0.25) is 0 Å². The van der Waals surface area contributed by atoms with E-state index in [0.717, 1.165) is 60.9 Å². The normalized spacial score (nSPS) is 11.6. The number of rotatable bonds is 6. The summed E-state index contributed by atoms with van der Waals surface area (Å²) in [6.45, 7) is 0. The molecule has 0 aliphatic rings. The zero-order chi connectivity index (χ0) is 30.5. The van der Waals surface area contributed by atoms with Gasteiger partial charge < -0.3 is 13.7 Å². The van der Waals surface area contributed by atoms with Crippen molar-refractivity contribution in [2.45, 2.75) is 9.79 Å². The summed E-state index contributed by atoms with van der Waals surface area (Å²) >= 11 is 1.78. The van der Waals surface area contributed by atoms with E-state index >= 15 is 0 Å².